The Kier molecular flexibility index (Phi) is 6.76. The first-order valence-corrected chi connectivity index (χ1v) is 4.57. The second-order valence-corrected chi connectivity index (χ2v) is 3.24. The lowest BCUT2D eigenvalue weighted by Gasteiger charge is -2.18. The van der Waals surface area contributed by atoms with Gasteiger partial charge >= 0.3 is 0 Å². The zero-order valence-corrected chi connectivity index (χ0v) is 8.34. The van der Waals surface area contributed by atoms with Gasteiger partial charge in [-0.3, -0.25) is 4.79 Å². The quantitative estimate of drug-likeness (QED) is 0.626. The molecule has 1 fully saturated rings. The van der Waals surface area contributed by atoms with E-state index in [1.165, 1.54) is 25.9 Å². The molecule has 1 saturated heterocycles. The van der Waals surface area contributed by atoms with Crippen LogP contribution >= 0.6 is 0 Å². The van der Waals surface area contributed by atoms with Gasteiger partial charge in [-0.05, 0) is 39.8 Å². The summed E-state index contributed by atoms with van der Waals surface area (Å²) in [6, 6.07) is 0.775. The molecular formula is C9H20N2O. The van der Waals surface area contributed by atoms with Gasteiger partial charge in [-0.2, -0.15) is 0 Å². The average Bonchev–Trinajstić information content (AvgIpc) is 2.57. The van der Waals surface area contributed by atoms with Crippen molar-refractivity contribution in [3.05, 3.63) is 0 Å². The zero-order valence-electron chi connectivity index (χ0n) is 8.34. The molecule has 0 aromatic carbocycles. The number of nitrogens with zero attached hydrogens (tertiary/aromatic N) is 1. The van der Waals surface area contributed by atoms with Crippen molar-refractivity contribution in [3.8, 4) is 0 Å². The molecule has 0 aromatic heterocycles. The molecule has 1 aliphatic rings. The fourth-order valence-electron chi connectivity index (χ4n) is 1.26. The molecule has 12 heavy (non-hydrogen) atoms. The number of carbonyl (C=O) groups excluding carboxylic acids is 1. The fourth-order valence-corrected chi connectivity index (χ4v) is 1.26. The van der Waals surface area contributed by atoms with Gasteiger partial charge in [-0.25, -0.2) is 0 Å². The van der Waals surface area contributed by atoms with Gasteiger partial charge in [-0.15, -0.1) is 0 Å². The molecule has 0 spiro atoms. The number of nitrogens with one attached hydrogen (secondary N) is 1. The van der Waals surface area contributed by atoms with E-state index in [1.54, 1.807) is 7.05 Å². The molecule has 1 rings (SSSR count). The van der Waals surface area contributed by atoms with Crippen LogP contribution in [0.3, 0.4) is 0 Å². The highest BCUT2D eigenvalue weighted by Crippen LogP contribution is 2.09. The van der Waals surface area contributed by atoms with Gasteiger partial charge in [0, 0.05) is 13.1 Å². The predicted octanol–water partition coefficient (Wildman–Crippen LogP) is 0.853. The Labute approximate surface area is 75.1 Å². The van der Waals surface area contributed by atoms with Crippen LogP contribution < -0.4 is 5.32 Å². The highest BCUT2D eigenvalue weighted by atomic mass is 16.1. The maximum atomic E-state index is 9.06. The first kappa shape index (κ1) is 11.4. The Balaban J connectivity index is 0.000000261. The third kappa shape index (κ3) is 5.13. The van der Waals surface area contributed by atoms with Crippen LogP contribution in [0, 0.1) is 0 Å². The van der Waals surface area contributed by atoms with Crippen LogP contribution in [0.4, 0.5) is 0 Å². The van der Waals surface area contributed by atoms with Gasteiger partial charge in [0.25, 0.3) is 0 Å². The number of amides is 1. The van der Waals surface area contributed by atoms with Crippen molar-refractivity contribution in [1.82, 2.24) is 10.2 Å². The van der Waals surface area contributed by atoms with Crippen LogP contribution in [0.5, 0.6) is 0 Å². The van der Waals surface area contributed by atoms with E-state index in [1.807, 2.05) is 0 Å². The first-order valence-electron chi connectivity index (χ1n) is 4.57. The molecule has 0 aromatic rings. The van der Waals surface area contributed by atoms with Crippen molar-refractivity contribution >= 4 is 6.41 Å². The Morgan fingerprint density at radius 2 is 1.75 bits per heavy atom. The van der Waals surface area contributed by atoms with Crippen LogP contribution in [0.25, 0.3) is 0 Å². The molecule has 3 heteroatoms. The summed E-state index contributed by atoms with van der Waals surface area (Å²) in [6.45, 7) is 7.20. The van der Waals surface area contributed by atoms with Crippen LogP contribution in [0.2, 0.25) is 0 Å². The highest BCUT2D eigenvalue weighted by molar-refractivity contribution is 5.44. The summed E-state index contributed by atoms with van der Waals surface area (Å²) in [5.74, 6) is 0. The summed E-state index contributed by atoms with van der Waals surface area (Å²) in [6.07, 6.45) is 3.45. The van der Waals surface area contributed by atoms with E-state index < -0.39 is 0 Å². The van der Waals surface area contributed by atoms with Gasteiger partial charge < -0.3 is 10.2 Å². The fraction of sp³-hybridized carbons (Fsp3) is 0.889. The summed E-state index contributed by atoms with van der Waals surface area (Å²) < 4.78 is 0. The van der Waals surface area contributed by atoms with Crippen molar-refractivity contribution in [2.45, 2.75) is 32.7 Å². The van der Waals surface area contributed by atoms with Gasteiger partial charge in [0.2, 0.25) is 6.41 Å². The van der Waals surface area contributed by atoms with Crippen LogP contribution in [-0.2, 0) is 4.79 Å². The van der Waals surface area contributed by atoms with E-state index in [0.29, 0.717) is 6.41 Å². The molecule has 1 N–H and O–H groups in total. The number of hydrogen-bond donors (Lipinski definition) is 1. The van der Waals surface area contributed by atoms with E-state index in [4.69, 9.17) is 4.79 Å². The summed E-state index contributed by atoms with van der Waals surface area (Å²) in [5.41, 5.74) is 0. The minimum absolute atomic E-state index is 0.625. The molecule has 1 aliphatic heterocycles. The summed E-state index contributed by atoms with van der Waals surface area (Å²) in [4.78, 5) is 11.6. The Morgan fingerprint density at radius 1 is 1.33 bits per heavy atom. The van der Waals surface area contributed by atoms with Crippen molar-refractivity contribution < 1.29 is 4.79 Å². The third-order valence-corrected chi connectivity index (χ3v) is 1.99. The Morgan fingerprint density at radius 3 is 1.92 bits per heavy atom. The minimum atomic E-state index is 0.625. The van der Waals surface area contributed by atoms with E-state index in [0.717, 1.165) is 6.04 Å². The molecule has 0 bridgehead atoms. The third-order valence-electron chi connectivity index (χ3n) is 1.99. The SMILES string of the molecule is CC(C)N1CCCC1.CNC=O. The topological polar surface area (TPSA) is 32.3 Å². The lowest BCUT2D eigenvalue weighted by Crippen LogP contribution is -2.26. The summed E-state index contributed by atoms with van der Waals surface area (Å²) in [7, 11) is 1.56. The van der Waals surface area contributed by atoms with E-state index in [-0.39, 0.29) is 0 Å². The van der Waals surface area contributed by atoms with E-state index in [2.05, 4.69) is 24.1 Å². The molecule has 0 saturated carbocycles. The molecule has 1 heterocycles. The van der Waals surface area contributed by atoms with E-state index in [9.17, 15) is 0 Å². The maximum absolute atomic E-state index is 9.06. The second kappa shape index (κ2) is 7.10. The predicted molar refractivity (Wildman–Crippen MR) is 51.1 cm³/mol. The smallest absolute Gasteiger partial charge is 0.206 e. The summed E-state index contributed by atoms with van der Waals surface area (Å²) in [5, 5.41) is 2.25. The van der Waals surface area contributed by atoms with Crippen molar-refractivity contribution in [1.29, 1.82) is 0 Å². The molecular weight excluding hydrogens is 152 g/mol. The largest absolute Gasteiger partial charge is 0.362 e. The van der Waals surface area contributed by atoms with Gasteiger partial charge in [0.15, 0.2) is 0 Å². The second-order valence-electron chi connectivity index (χ2n) is 3.24. The Hall–Kier alpha value is -0.570. The minimum Gasteiger partial charge on any atom is -0.362 e. The molecule has 3 nitrogen and oxygen atoms in total. The molecule has 0 atom stereocenters. The molecule has 0 aliphatic carbocycles. The first-order chi connectivity index (χ1) is 5.72. The monoisotopic (exact) mass is 172 g/mol. The van der Waals surface area contributed by atoms with Crippen molar-refractivity contribution in [3.63, 3.8) is 0 Å². The van der Waals surface area contributed by atoms with Gasteiger partial charge in [-0.1, -0.05) is 0 Å². The molecule has 0 unspecified atom stereocenters. The molecule has 72 valence electrons. The number of hydrogen-bond acceptors (Lipinski definition) is 2. The van der Waals surface area contributed by atoms with Crippen LogP contribution in [0.1, 0.15) is 26.7 Å². The van der Waals surface area contributed by atoms with Crippen molar-refractivity contribution in [2.75, 3.05) is 20.1 Å². The standard InChI is InChI=1S/C7H15N.C2H5NO/c1-7(2)8-5-3-4-6-8;1-3-2-4/h7H,3-6H2,1-2H3;2H,1H3,(H,3,4). The van der Waals surface area contributed by atoms with Crippen molar-refractivity contribution in [2.24, 2.45) is 0 Å². The Bertz CT molecular complexity index is 109. The normalized spacial score (nSPS) is 17.0. The van der Waals surface area contributed by atoms with Crippen LogP contribution in [0.15, 0.2) is 0 Å². The summed E-state index contributed by atoms with van der Waals surface area (Å²) >= 11 is 0. The lowest BCUT2D eigenvalue weighted by molar-refractivity contribution is -0.109. The highest BCUT2D eigenvalue weighted by Gasteiger charge is 2.13. The molecule has 1 amide bonds. The van der Waals surface area contributed by atoms with Gasteiger partial charge in [0.1, 0.15) is 0 Å². The van der Waals surface area contributed by atoms with Gasteiger partial charge in [0.05, 0.1) is 0 Å². The maximum Gasteiger partial charge on any atom is 0.206 e. The zero-order chi connectivity index (χ0) is 9.40. The lowest BCUT2D eigenvalue weighted by atomic mass is 10.3. The number of rotatable bonds is 2. The van der Waals surface area contributed by atoms with E-state index >= 15 is 0 Å². The number of likely N-dealkylation sites (tertiary alicyclic amines) is 1. The average molecular weight is 172 g/mol. The van der Waals surface area contributed by atoms with Crippen LogP contribution in [-0.4, -0.2) is 37.5 Å². The number of carbonyl (C=O) groups is 1. The molecule has 0 radical (unpaired) electrons.